The second-order valence-corrected chi connectivity index (χ2v) is 6.29. The highest BCUT2D eigenvalue weighted by Gasteiger charge is 2.44. The van der Waals surface area contributed by atoms with E-state index in [0.717, 1.165) is 17.5 Å². The largest absolute Gasteiger partial charge is 0.466 e. The molecule has 0 amide bonds. The van der Waals surface area contributed by atoms with Crippen LogP contribution in [-0.4, -0.2) is 43.6 Å². The third kappa shape index (κ3) is 4.37. The Labute approximate surface area is 148 Å². The molecule has 1 unspecified atom stereocenters. The zero-order valence-corrected chi connectivity index (χ0v) is 15.1. The third-order valence-corrected chi connectivity index (χ3v) is 4.81. The number of nitrogens with zero attached hydrogens (tertiary/aromatic N) is 1. The number of halogens is 1. The lowest BCUT2D eigenvalue weighted by Crippen LogP contribution is -2.45. The van der Waals surface area contributed by atoms with Gasteiger partial charge in [0.2, 0.25) is 0 Å². The average Bonchev–Trinajstić information content (AvgIpc) is 2.92. The Morgan fingerprint density at radius 3 is 2.56 bits per heavy atom. The summed E-state index contributed by atoms with van der Waals surface area (Å²) in [6.45, 7) is 4.59. The standard InChI is InChI=1S/C19H26FNO4/c1-4-24-17(22)9-11-21(3)19(13-18(23)25-5-2)10-8-14-6-7-15(20)12-16(14)19/h6-7,12H,4-5,8-11,13H2,1-3H3. The summed E-state index contributed by atoms with van der Waals surface area (Å²) in [5, 5.41) is 0. The van der Waals surface area contributed by atoms with Gasteiger partial charge in [0, 0.05) is 6.54 Å². The average molecular weight is 351 g/mol. The Morgan fingerprint density at radius 1 is 1.20 bits per heavy atom. The number of rotatable bonds is 8. The third-order valence-electron chi connectivity index (χ3n) is 4.81. The van der Waals surface area contributed by atoms with E-state index in [1.54, 1.807) is 19.9 Å². The molecule has 0 saturated carbocycles. The van der Waals surface area contributed by atoms with Gasteiger partial charge >= 0.3 is 11.9 Å². The normalized spacial score (nSPS) is 18.9. The van der Waals surface area contributed by atoms with Gasteiger partial charge in [-0.25, -0.2) is 4.39 Å². The second-order valence-electron chi connectivity index (χ2n) is 6.29. The number of fused-ring (bicyclic) bond motifs is 1. The van der Waals surface area contributed by atoms with Crippen LogP contribution in [-0.2, 0) is 31.0 Å². The molecule has 1 atom stereocenters. The number of ether oxygens (including phenoxy) is 2. The fraction of sp³-hybridized carbons (Fsp3) is 0.579. The van der Waals surface area contributed by atoms with Crippen molar-refractivity contribution in [1.82, 2.24) is 4.90 Å². The minimum atomic E-state index is -0.657. The van der Waals surface area contributed by atoms with E-state index in [4.69, 9.17) is 9.47 Å². The first kappa shape index (κ1) is 19.4. The maximum Gasteiger partial charge on any atom is 0.308 e. The monoisotopic (exact) mass is 351 g/mol. The fourth-order valence-electron chi connectivity index (χ4n) is 3.55. The Hall–Kier alpha value is -1.95. The topological polar surface area (TPSA) is 55.8 Å². The molecule has 6 heteroatoms. The highest BCUT2D eigenvalue weighted by Crippen LogP contribution is 2.44. The Morgan fingerprint density at radius 2 is 1.88 bits per heavy atom. The molecule has 1 aromatic carbocycles. The van der Waals surface area contributed by atoms with Crippen molar-refractivity contribution in [3.05, 3.63) is 35.1 Å². The number of hydrogen-bond donors (Lipinski definition) is 0. The van der Waals surface area contributed by atoms with Crippen molar-refractivity contribution < 1.29 is 23.5 Å². The van der Waals surface area contributed by atoms with Crippen molar-refractivity contribution in [2.45, 2.75) is 45.1 Å². The maximum atomic E-state index is 13.9. The van der Waals surface area contributed by atoms with E-state index in [2.05, 4.69) is 0 Å². The molecule has 0 heterocycles. The zero-order valence-electron chi connectivity index (χ0n) is 15.1. The van der Waals surface area contributed by atoms with Gasteiger partial charge in [-0.3, -0.25) is 14.5 Å². The lowest BCUT2D eigenvalue weighted by atomic mass is 9.86. The molecule has 0 saturated heterocycles. The molecule has 1 aliphatic carbocycles. The number of esters is 2. The first-order valence-electron chi connectivity index (χ1n) is 8.74. The van der Waals surface area contributed by atoms with Crippen LogP contribution in [0.5, 0.6) is 0 Å². The number of benzene rings is 1. The van der Waals surface area contributed by atoms with Gasteiger partial charge in [-0.2, -0.15) is 0 Å². The van der Waals surface area contributed by atoms with E-state index in [1.807, 2.05) is 11.9 Å². The summed E-state index contributed by atoms with van der Waals surface area (Å²) in [6, 6.07) is 4.72. The minimum absolute atomic E-state index is 0.136. The predicted octanol–water partition coefficient (Wildman–Crippen LogP) is 2.81. The van der Waals surface area contributed by atoms with Crippen LogP contribution < -0.4 is 0 Å². The molecule has 0 N–H and O–H groups in total. The molecule has 5 nitrogen and oxygen atoms in total. The zero-order chi connectivity index (χ0) is 18.4. The highest BCUT2D eigenvalue weighted by molar-refractivity contribution is 5.72. The van der Waals surface area contributed by atoms with Crippen molar-refractivity contribution >= 4 is 11.9 Å². The number of carbonyl (C=O) groups excluding carboxylic acids is 2. The van der Waals surface area contributed by atoms with E-state index < -0.39 is 5.54 Å². The molecule has 0 spiro atoms. The van der Waals surface area contributed by atoms with Crippen LogP contribution >= 0.6 is 0 Å². The molecule has 0 radical (unpaired) electrons. The minimum Gasteiger partial charge on any atom is -0.466 e. The summed E-state index contributed by atoms with van der Waals surface area (Å²) >= 11 is 0. The molecule has 0 fully saturated rings. The molecule has 2 rings (SSSR count). The molecular formula is C19H26FNO4. The van der Waals surface area contributed by atoms with Crippen LogP contribution in [0.4, 0.5) is 4.39 Å². The number of carbonyl (C=O) groups is 2. The number of hydrogen-bond acceptors (Lipinski definition) is 5. The van der Waals surface area contributed by atoms with E-state index in [-0.39, 0.29) is 30.6 Å². The van der Waals surface area contributed by atoms with Crippen LogP contribution in [0.3, 0.4) is 0 Å². The van der Waals surface area contributed by atoms with Gasteiger partial charge in [-0.15, -0.1) is 0 Å². The number of aryl methyl sites for hydroxylation is 1. The van der Waals surface area contributed by atoms with Crippen LogP contribution in [0, 0.1) is 5.82 Å². The van der Waals surface area contributed by atoms with Crippen molar-refractivity contribution in [3.63, 3.8) is 0 Å². The van der Waals surface area contributed by atoms with Gasteiger partial charge < -0.3 is 9.47 Å². The SMILES string of the molecule is CCOC(=O)CCN(C)C1(CC(=O)OCC)CCc2ccc(F)cc21. The van der Waals surface area contributed by atoms with E-state index in [1.165, 1.54) is 12.1 Å². The van der Waals surface area contributed by atoms with Crippen molar-refractivity contribution in [2.75, 3.05) is 26.8 Å². The van der Waals surface area contributed by atoms with E-state index in [9.17, 15) is 14.0 Å². The van der Waals surface area contributed by atoms with Gasteiger partial charge in [0.1, 0.15) is 5.82 Å². The molecule has 25 heavy (non-hydrogen) atoms. The molecule has 0 aliphatic heterocycles. The first-order chi connectivity index (χ1) is 11.9. The lowest BCUT2D eigenvalue weighted by Gasteiger charge is -2.39. The summed E-state index contributed by atoms with van der Waals surface area (Å²) in [5.41, 5.74) is 1.19. The van der Waals surface area contributed by atoms with E-state index >= 15 is 0 Å². The van der Waals surface area contributed by atoms with Crippen molar-refractivity contribution in [2.24, 2.45) is 0 Å². The van der Waals surface area contributed by atoms with Gasteiger partial charge in [0.05, 0.1) is 31.6 Å². The molecule has 138 valence electrons. The van der Waals surface area contributed by atoms with Gasteiger partial charge in [-0.1, -0.05) is 6.07 Å². The molecule has 1 aromatic rings. The van der Waals surface area contributed by atoms with Gasteiger partial charge in [0.25, 0.3) is 0 Å². The maximum absolute atomic E-state index is 13.9. The van der Waals surface area contributed by atoms with E-state index in [0.29, 0.717) is 26.2 Å². The Kier molecular flexibility index (Phi) is 6.53. The quantitative estimate of drug-likeness (QED) is 0.674. The van der Waals surface area contributed by atoms with Gasteiger partial charge in [0.15, 0.2) is 0 Å². The summed E-state index contributed by atoms with van der Waals surface area (Å²) < 4.78 is 24.0. The highest BCUT2D eigenvalue weighted by atomic mass is 19.1. The molecule has 0 bridgehead atoms. The van der Waals surface area contributed by atoms with Crippen LogP contribution in [0.25, 0.3) is 0 Å². The van der Waals surface area contributed by atoms with Crippen LogP contribution in [0.1, 0.15) is 44.2 Å². The summed E-state index contributed by atoms with van der Waals surface area (Å²) in [4.78, 5) is 25.9. The lowest BCUT2D eigenvalue weighted by molar-refractivity contribution is -0.147. The summed E-state index contributed by atoms with van der Waals surface area (Å²) in [7, 11) is 1.86. The smallest absolute Gasteiger partial charge is 0.308 e. The molecule has 1 aliphatic rings. The summed E-state index contributed by atoms with van der Waals surface area (Å²) in [6.07, 6.45) is 1.80. The van der Waals surface area contributed by atoms with Crippen molar-refractivity contribution in [3.8, 4) is 0 Å². The Balaban J connectivity index is 2.27. The van der Waals surface area contributed by atoms with Crippen molar-refractivity contribution in [1.29, 1.82) is 0 Å². The Bertz CT molecular complexity index is 634. The summed E-state index contributed by atoms with van der Waals surface area (Å²) in [5.74, 6) is -0.923. The molecular weight excluding hydrogens is 325 g/mol. The van der Waals surface area contributed by atoms with Crippen LogP contribution in [0.2, 0.25) is 0 Å². The fourth-order valence-corrected chi connectivity index (χ4v) is 3.55. The first-order valence-corrected chi connectivity index (χ1v) is 8.74. The van der Waals surface area contributed by atoms with Crippen LogP contribution in [0.15, 0.2) is 18.2 Å². The predicted molar refractivity (Wildman–Crippen MR) is 91.5 cm³/mol. The second kappa shape index (κ2) is 8.43. The molecule has 0 aromatic heterocycles. The van der Waals surface area contributed by atoms with Gasteiger partial charge in [-0.05, 0) is 57.0 Å².